The molecular formula is C13H22N2. The van der Waals surface area contributed by atoms with E-state index in [-0.39, 0.29) is 0 Å². The van der Waals surface area contributed by atoms with Crippen molar-refractivity contribution in [2.24, 2.45) is 11.5 Å². The summed E-state index contributed by atoms with van der Waals surface area (Å²) in [7, 11) is 0. The van der Waals surface area contributed by atoms with Crippen molar-refractivity contribution < 1.29 is 0 Å². The molecule has 0 bridgehead atoms. The Bertz CT molecular complexity index is 238. The van der Waals surface area contributed by atoms with E-state index in [0.29, 0.717) is 5.92 Å². The Labute approximate surface area is 92.7 Å². The molecule has 1 aromatic carbocycles. The molecule has 84 valence electrons. The molecule has 0 radical (unpaired) electrons. The number of rotatable bonds is 7. The van der Waals surface area contributed by atoms with Crippen LogP contribution >= 0.6 is 0 Å². The average Bonchev–Trinajstić information content (AvgIpc) is 2.30. The van der Waals surface area contributed by atoms with Gasteiger partial charge < -0.3 is 11.5 Å². The van der Waals surface area contributed by atoms with E-state index >= 15 is 0 Å². The van der Waals surface area contributed by atoms with Crippen molar-refractivity contribution in [1.82, 2.24) is 0 Å². The van der Waals surface area contributed by atoms with Gasteiger partial charge >= 0.3 is 0 Å². The highest BCUT2D eigenvalue weighted by Crippen LogP contribution is 2.25. The van der Waals surface area contributed by atoms with Crippen LogP contribution in [0.15, 0.2) is 30.3 Å². The van der Waals surface area contributed by atoms with Crippen LogP contribution in [0.3, 0.4) is 0 Å². The van der Waals surface area contributed by atoms with Crippen LogP contribution in [0.1, 0.15) is 37.2 Å². The van der Waals surface area contributed by atoms with Gasteiger partial charge in [0.2, 0.25) is 0 Å². The van der Waals surface area contributed by atoms with E-state index in [2.05, 4.69) is 30.3 Å². The minimum atomic E-state index is 0.637. The Balaban J connectivity index is 2.55. The summed E-state index contributed by atoms with van der Waals surface area (Å²) in [6.45, 7) is 1.57. The Kier molecular flexibility index (Phi) is 6.05. The Morgan fingerprint density at radius 2 is 1.40 bits per heavy atom. The lowest BCUT2D eigenvalue weighted by atomic mass is 9.90. The second-order valence-corrected chi connectivity index (χ2v) is 3.97. The zero-order valence-corrected chi connectivity index (χ0v) is 9.36. The molecule has 0 fully saturated rings. The lowest BCUT2D eigenvalue weighted by Crippen LogP contribution is -2.07. The summed E-state index contributed by atoms with van der Waals surface area (Å²) in [5.41, 5.74) is 12.5. The fourth-order valence-corrected chi connectivity index (χ4v) is 1.93. The summed E-state index contributed by atoms with van der Waals surface area (Å²) >= 11 is 0. The van der Waals surface area contributed by atoms with Crippen LogP contribution < -0.4 is 11.5 Å². The molecule has 2 heteroatoms. The normalized spacial score (nSPS) is 10.9. The first-order valence-electron chi connectivity index (χ1n) is 5.83. The van der Waals surface area contributed by atoms with Crippen LogP contribution in [0, 0.1) is 0 Å². The molecule has 0 saturated heterocycles. The maximum atomic E-state index is 5.56. The van der Waals surface area contributed by atoms with Crippen molar-refractivity contribution in [3.8, 4) is 0 Å². The largest absolute Gasteiger partial charge is 0.330 e. The van der Waals surface area contributed by atoms with Crippen LogP contribution in [-0.2, 0) is 0 Å². The van der Waals surface area contributed by atoms with Crippen molar-refractivity contribution in [3.05, 3.63) is 35.9 Å². The molecule has 1 rings (SSSR count). The van der Waals surface area contributed by atoms with Gasteiger partial charge in [-0.3, -0.25) is 0 Å². The third-order valence-electron chi connectivity index (χ3n) is 2.78. The predicted molar refractivity (Wildman–Crippen MR) is 65.8 cm³/mol. The quantitative estimate of drug-likeness (QED) is 0.719. The standard InChI is InChI=1S/C13H22N2/c14-10-4-8-13(9-5-11-15)12-6-2-1-3-7-12/h1-3,6-7,13H,4-5,8-11,14-15H2. The van der Waals surface area contributed by atoms with E-state index in [1.165, 1.54) is 18.4 Å². The summed E-state index contributed by atoms with van der Waals surface area (Å²) < 4.78 is 0. The summed E-state index contributed by atoms with van der Waals surface area (Å²) in [4.78, 5) is 0. The van der Waals surface area contributed by atoms with Crippen LogP contribution in [0.2, 0.25) is 0 Å². The number of hydrogen-bond donors (Lipinski definition) is 2. The van der Waals surface area contributed by atoms with Crippen molar-refractivity contribution in [2.75, 3.05) is 13.1 Å². The molecule has 0 aliphatic carbocycles. The molecule has 0 aromatic heterocycles. The molecule has 4 N–H and O–H groups in total. The zero-order valence-electron chi connectivity index (χ0n) is 9.36. The SMILES string of the molecule is NCCCC(CCCN)c1ccccc1. The third kappa shape index (κ3) is 4.45. The van der Waals surface area contributed by atoms with Gasteiger partial charge in [-0.05, 0) is 50.3 Å². The minimum Gasteiger partial charge on any atom is -0.330 e. The second-order valence-electron chi connectivity index (χ2n) is 3.97. The second kappa shape index (κ2) is 7.43. The molecule has 0 unspecified atom stereocenters. The highest BCUT2D eigenvalue weighted by atomic mass is 14.5. The first-order chi connectivity index (χ1) is 7.38. The summed E-state index contributed by atoms with van der Waals surface area (Å²) in [5.74, 6) is 0.637. The van der Waals surface area contributed by atoms with Gasteiger partial charge in [0.05, 0.1) is 0 Å². The van der Waals surface area contributed by atoms with Gasteiger partial charge in [0.25, 0.3) is 0 Å². The van der Waals surface area contributed by atoms with Crippen LogP contribution in [0.25, 0.3) is 0 Å². The third-order valence-corrected chi connectivity index (χ3v) is 2.78. The van der Waals surface area contributed by atoms with E-state index in [9.17, 15) is 0 Å². The molecule has 1 aromatic rings. The maximum Gasteiger partial charge on any atom is -0.00771 e. The molecule has 0 aliphatic rings. The smallest absolute Gasteiger partial charge is 0.00771 e. The van der Waals surface area contributed by atoms with E-state index < -0.39 is 0 Å². The van der Waals surface area contributed by atoms with Crippen molar-refractivity contribution in [3.63, 3.8) is 0 Å². The first kappa shape index (κ1) is 12.2. The van der Waals surface area contributed by atoms with Gasteiger partial charge in [0.1, 0.15) is 0 Å². The topological polar surface area (TPSA) is 52.0 Å². The molecular weight excluding hydrogens is 184 g/mol. The van der Waals surface area contributed by atoms with Gasteiger partial charge in [-0.2, -0.15) is 0 Å². The molecule has 0 heterocycles. The van der Waals surface area contributed by atoms with Crippen molar-refractivity contribution in [1.29, 1.82) is 0 Å². The maximum absolute atomic E-state index is 5.56. The fourth-order valence-electron chi connectivity index (χ4n) is 1.93. The Morgan fingerprint density at radius 3 is 1.87 bits per heavy atom. The molecule has 0 spiro atoms. The van der Waals surface area contributed by atoms with E-state index in [0.717, 1.165) is 25.9 Å². The molecule has 15 heavy (non-hydrogen) atoms. The Hall–Kier alpha value is -0.860. The van der Waals surface area contributed by atoms with Crippen LogP contribution in [0.4, 0.5) is 0 Å². The van der Waals surface area contributed by atoms with Crippen LogP contribution in [-0.4, -0.2) is 13.1 Å². The van der Waals surface area contributed by atoms with Gasteiger partial charge in [-0.1, -0.05) is 30.3 Å². The lowest BCUT2D eigenvalue weighted by molar-refractivity contribution is 0.540. The van der Waals surface area contributed by atoms with Gasteiger partial charge in [-0.25, -0.2) is 0 Å². The summed E-state index contributed by atoms with van der Waals surface area (Å²) in [5, 5.41) is 0. The lowest BCUT2D eigenvalue weighted by Gasteiger charge is -2.16. The number of benzene rings is 1. The number of nitrogens with two attached hydrogens (primary N) is 2. The molecule has 2 nitrogen and oxygen atoms in total. The molecule has 0 amide bonds. The molecule has 0 atom stereocenters. The fraction of sp³-hybridized carbons (Fsp3) is 0.538. The van der Waals surface area contributed by atoms with Crippen molar-refractivity contribution >= 4 is 0 Å². The highest BCUT2D eigenvalue weighted by Gasteiger charge is 2.09. The monoisotopic (exact) mass is 206 g/mol. The molecule has 0 saturated carbocycles. The predicted octanol–water partition coefficient (Wildman–Crippen LogP) is 2.25. The minimum absolute atomic E-state index is 0.637. The van der Waals surface area contributed by atoms with E-state index in [1.807, 2.05) is 0 Å². The highest BCUT2D eigenvalue weighted by molar-refractivity contribution is 5.19. The number of hydrogen-bond acceptors (Lipinski definition) is 2. The first-order valence-corrected chi connectivity index (χ1v) is 5.83. The van der Waals surface area contributed by atoms with Gasteiger partial charge in [-0.15, -0.1) is 0 Å². The Morgan fingerprint density at radius 1 is 0.867 bits per heavy atom. The van der Waals surface area contributed by atoms with E-state index in [1.54, 1.807) is 0 Å². The van der Waals surface area contributed by atoms with Gasteiger partial charge in [0.15, 0.2) is 0 Å². The molecule has 0 aliphatic heterocycles. The van der Waals surface area contributed by atoms with Crippen molar-refractivity contribution in [2.45, 2.75) is 31.6 Å². The van der Waals surface area contributed by atoms with Crippen LogP contribution in [0.5, 0.6) is 0 Å². The average molecular weight is 206 g/mol. The summed E-state index contributed by atoms with van der Waals surface area (Å²) in [6, 6.07) is 10.7. The zero-order chi connectivity index (χ0) is 10.9. The van der Waals surface area contributed by atoms with Gasteiger partial charge in [0, 0.05) is 0 Å². The summed E-state index contributed by atoms with van der Waals surface area (Å²) in [6.07, 6.45) is 4.56. The van der Waals surface area contributed by atoms with E-state index in [4.69, 9.17) is 11.5 Å².